The van der Waals surface area contributed by atoms with Gasteiger partial charge in [0.1, 0.15) is 6.61 Å². The van der Waals surface area contributed by atoms with Crippen LogP contribution < -0.4 is 15.2 Å². The van der Waals surface area contributed by atoms with Gasteiger partial charge in [0, 0.05) is 18.7 Å². The highest BCUT2D eigenvalue weighted by Crippen LogP contribution is 2.29. The first-order valence-electron chi connectivity index (χ1n) is 10.5. The lowest BCUT2D eigenvalue weighted by molar-refractivity contribution is 0.0741. The van der Waals surface area contributed by atoms with Crippen molar-refractivity contribution < 1.29 is 14.3 Å². The van der Waals surface area contributed by atoms with E-state index in [-0.39, 0.29) is 5.91 Å². The number of rotatable bonds is 10. The molecule has 3 aromatic carbocycles. The number of amides is 1. The van der Waals surface area contributed by atoms with E-state index in [1.165, 1.54) is 5.56 Å². The lowest BCUT2D eigenvalue weighted by Gasteiger charge is -2.23. The van der Waals surface area contributed by atoms with Crippen LogP contribution >= 0.6 is 0 Å². The minimum Gasteiger partial charge on any atom is -0.493 e. The van der Waals surface area contributed by atoms with Gasteiger partial charge in [-0.1, -0.05) is 60.2 Å². The van der Waals surface area contributed by atoms with Crippen molar-refractivity contribution in [2.45, 2.75) is 26.5 Å². The average Bonchev–Trinajstić information content (AvgIpc) is 2.81. The lowest BCUT2D eigenvalue weighted by atomic mass is 10.1. The van der Waals surface area contributed by atoms with Crippen molar-refractivity contribution in [2.75, 3.05) is 20.2 Å². The fourth-order valence-electron chi connectivity index (χ4n) is 3.29. The first kappa shape index (κ1) is 22.4. The Hall–Kier alpha value is -3.31. The van der Waals surface area contributed by atoms with Gasteiger partial charge in [0.2, 0.25) is 0 Å². The Labute approximate surface area is 184 Å². The molecule has 2 N–H and O–H groups in total. The van der Waals surface area contributed by atoms with E-state index in [2.05, 4.69) is 31.2 Å². The number of methoxy groups -OCH3 is 1. The third-order valence-electron chi connectivity index (χ3n) is 5.06. The van der Waals surface area contributed by atoms with Gasteiger partial charge in [0.15, 0.2) is 11.5 Å². The van der Waals surface area contributed by atoms with E-state index in [1.54, 1.807) is 25.3 Å². The van der Waals surface area contributed by atoms with Crippen LogP contribution in [0.25, 0.3) is 0 Å². The molecule has 5 nitrogen and oxygen atoms in total. The number of carbonyl (C=O) groups is 1. The van der Waals surface area contributed by atoms with Crippen molar-refractivity contribution in [2.24, 2.45) is 5.73 Å². The fraction of sp³-hybridized carbons (Fsp3) is 0.269. The number of hydrogen-bond donors (Lipinski definition) is 1. The summed E-state index contributed by atoms with van der Waals surface area (Å²) in [6.07, 6.45) is 0.743. The summed E-state index contributed by atoms with van der Waals surface area (Å²) < 4.78 is 11.4. The van der Waals surface area contributed by atoms with E-state index in [9.17, 15) is 4.79 Å². The molecule has 0 aliphatic carbocycles. The van der Waals surface area contributed by atoms with Crippen molar-refractivity contribution in [3.63, 3.8) is 0 Å². The van der Waals surface area contributed by atoms with Gasteiger partial charge in [-0.05, 0) is 49.2 Å². The number of ether oxygens (including phenoxy) is 2. The average molecular weight is 419 g/mol. The zero-order valence-electron chi connectivity index (χ0n) is 18.2. The van der Waals surface area contributed by atoms with E-state index < -0.39 is 0 Å². The molecule has 0 aromatic heterocycles. The van der Waals surface area contributed by atoms with E-state index in [1.807, 2.05) is 35.2 Å². The zero-order valence-corrected chi connectivity index (χ0v) is 18.2. The fourth-order valence-corrected chi connectivity index (χ4v) is 3.29. The molecule has 0 saturated carbocycles. The van der Waals surface area contributed by atoms with Gasteiger partial charge < -0.3 is 20.1 Å². The molecule has 0 unspecified atom stereocenters. The van der Waals surface area contributed by atoms with Crippen LogP contribution in [-0.2, 0) is 13.2 Å². The van der Waals surface area contributed by atoms with Gasteiger partial charge in [0.05, 0.1) is 7.11 Å². The minimum absolute atomic E-state index is 0.0538. The van der Waals surface area contributed by atoms with Gasteiger partial charge >= 0.3 is 0 Å². The van der Waals surface area contributed by atoms with Gasteiger partial charge in [-0.15, -0.1) is 0 Å². The standard InChI is InChI=1S/C26H30N2O3/c1-20-9-11-21(12-10-20)18-28(16-6-15-27)26(29)23-13-14-24(25(17-23)30-2)31-19-22-7-4-3-5-8-22/h3-5,7-14,17H,6,15-16,18-19,27H2,1-2H3. The van der Waals surface area contributed by atoms with Crippen LogP contribution in [0.15, 0.2) is 72.8 Å². The molecule has 31 heavy (non-hydrogen) atoms. The van der Waals surface area contributed by atoms with Gasteiger partial charge in [0.25, 0.3) is 5.91 Å². The Kier molecular flexibility index (Phi) is 8.07. The molecule has 0 aliphatic heterocycles. The Balaban J connectivity index is 1.75. The summed E-state index contributed by atoms with van der Waals surface area (Å²) in [5.41, 5.74) is 9.61. The van der Waals surface area contributed by atoms with Crippen molar-refractivity contribution in [1.29, 1.82) is 0 Å². The SMILES string of the molecule is COc1cc(C(=O)N(CCCN)Cc2ccc(C)cc2)ccc1OCc1ccccc1. The van der Waals surface area contributed by atoms with Crippen molar-refractivity contribution in [3.8, 4) is 11.5 Å². The predicted octanol–water partition coefficient (Wildman–Crippen LogP) is 4.57. The molecule has 3 aromatic rings. The largest absolute Gasteiger partial charge is 0.493 e. The Morgan fingerprint density at radius 3 is 2.35 bits per heavy atom. The van der Waals surface area contributed by atoms with Crippen LogP contribution in [0.3, 0.4) is 0 Å². The van der Waals surface area contributed by atoms with Gasteiger partial charge in [-0.2, -0.15) is 0 Å². The topological polar surface area (TPSA) is 64.8 Å². The van der Waals surface area contributed by atoms with Crippen molar-refractivity contribution >= 4 is 5.91 Å². The van der Waals surface area contributed by atoms with Crippen LogP contribution in [0.5, 0.6) is 11.5 Å². The molecule has 5 heteroatoms. The summed E-state index contributed by atoms with van der Waals surface area (Å²) in [7, 11) is 1.58. The highest BCUT2D eigenvalue weighted by molar-refractivity contribution is 5.95. The molecular weight excluding hydrogens is 388 g/mol. The number of hydrogen-bond acceptors (Lipinski definition) is 4. The summed E-state index contributed by atoms with van der Waals surface area (Å²) in [4.78, 5) is 15.1. The van der Waals surface area contributed by atoms with Crippen molar-refractivity contribution in [3.05, 3.63) is 95.1 Å². The molecule has 0 aliphatic rings. The number of nitrogens with two attached hydrogens (primary N) is 1. The first-order valence-corrected chi connectivity index (χ1v) is 10.5. The molecule has 0 saturated heterocycles. The molecule has 3 rings (SSSR count). The lowest BCUT2D eigenvalue weighted by Crippen LogP contribution is -2.32. The summed E-state index contributed by atoms with van der Waals surface area (Å²) in [5, 5.41) is 0. The smallest absolute Gasteiger partial charge is 0.254 e. The monoisotopic (exact) mass is 418 g/mol. The van der Waals surface area contributed by atoms with E-state index in [4.69, 9.17) is 15.2 Å². The third kappa shape index (κ3) is 6.33. The first-order chi connectivity index (χ1) is 15.1. The molecule has 0 atom stereocenters. The normalized spacial score (nSPS) is 10.5. The molecule has 0 spiro atoms. The predicted molar refractivity (Wildman–Crippen MR) is 123 cm³/mol. The van der Waals surface area contributed by atoms with Gasteiger partial charge in [-0.3, -0.25) is 4.79 Å². The van der Waals surface area contributed by atoms with Crippen molar-refractivity contribution in [1.82, 2.24) is 4.90 Å². The summed E-state index contributed by atoms with van der Waals surface area (Å²) in [5.74, 6) is 1.09. The van der Waals surface area contributed by atoms with Crippen LogP contribution in [-0.4, -0.2) is 31.0 Å². The summed E-state index contributed by atoms with van der Waals surface area (Å²) >= 11 is 0. The van der Waals surface area contributed by atoms with E-state index in [0.717, 1.165) is 17.5 Å². The number of nitrogens with zero attached hydrogens (tertiary/aromatic N) is 1. The molecular formula is C26H30N2O3. The summed E-state index contributed by atoms with van der Waals surface area (Å²) in [6.45, 7) is 4.15. The van der Waals surface area contributed by atoms with Crippen LogP contribution in [0.2, 0.25) is 0 Å². The second-order valence-corrected chi connectivity index (χ2v) is 7.49. The molecule has 0 fully saturated rings. The Bertz CT molecular complexity index is 972. The highest BCUT2D eigenvalue weighted by atomic mass is 16.5. The Morgan fingerprint density at radius 2 is 1.68 bits per heavy atom. The molecule has 0 bridgehead atoms. The second-order valence-electron chi connectivity index (χ2n) is 7.49. The number of benzene rings is 3. The maximum atomic E-state index is 13.3. The molecule has 162 valence electrons. The molecule has 0 heterocycles. The highest BCUT2D eigenvalue weighted by Gasteiger charge is 2.18. The van der Waals surface area contributed by atoms with Crippen LogP contribution in [0.4, 0.5) is 0 Å². The molecule has 0 radical (unpaired) electrons. The number of aryl methyl sites for hydroxylation is 1. The maximum absolute atomic E-state index is 13.3. The quantitative estimate of drug-likeness (QED) is 0.524. The van der Waals surface area contributed by atoms with Crippen LogP contribution in [0, 0.1) is 6.92 Å². The third-order valence-corrected chi connectivity index (χ3v) is 5.06. The summed E-state index contributed by atoms with van der Waals surface area (Å²) in [6, 6.07) is 23.5. The van der Waals surface area contributed by atoms with Crippen LogP contribution in [0.1, 0.15) is 33.5 Å². The Morgan fingerprint density at radius 1 is 0.935 bits per heavy atom. The molecule has 1 amide bonds. The van der Waals surface area contributed by atoms with E-state index >= 15 is 0 Å². The number of carbonyl (C=O) groups excluding carboxylic acids is 1. The maximum Gasteiger partial charge on any atom is 0.254 e. The van der Waals surface area contributed by atoms with Gasteiger partial charge in [-0.25, -0.2) is 0 Å². The zero-order chi connectivity index (χ0) is 22.1. The minimum atomic E-state index is -0.0538. The van der Waals surface area contributed by atoms with E-state index in [0.29, 0.717) is 43.3 Å². The second kappa shape index (κ2) is 11.2.